The summed E-state index contributed by atoms with van der Waals surface area (Å²) in [6.07, 6.45) is 3.84. The minimum absolute atomic E-state index is 0.295. The number of hydrogen-bond donors (Lipinski definition) is 1. The highest BCUT2D eigenvalue weighted by molar-refractivity contribution is 5.37. The summed E-state index contributed by atoms with van der Waals surface area (Å²) in [5.41, 5.74) is 1.36. The molecule has 100 valence electrons. The van der Waals surface area contributed by atoms with Crippen LogP contribution in [0.25, 0.3) is 0 Å². The van der Waals surface area contributed by atoms with Crippen molar-refractivity contribution in [3.8, 4) is 5.75 Å². The maximum absolute atomic E-state index is 6.13. The second-order valence-electron chi connectivity index (χ2n) is 5.32. The van der Waals surface area contributed by atoms with Crippen LogP contribution in [0.2, 0.25) is 0 Å². The molecule has 0 radical (unpaired) electrons. The van der Waals surface area contributed by atoms with E-state index in [0.29, 0.717) is 18.1 Å². The fraction of sp³-hybridized carbons (Fsp3) is 0.625. The molecule has 0 amide bonds. The molecule has 1 N–H and O–H groups in total. The summed E-state index contributed by atoms with van der Waals surface area (Å²) in [5.74, 6) is 1.74. The Hall–Kier alpha value is -1.02. The highest BCUT2D eigenvalue weighted by atomic mass is 16.5. The van der Waals surface area contributed by atoms with Gasteiger partial charge in [0, 0.05) is 12.5 Å². The molecule has 0 bridgehead atoms. The Morgan fingerprint density at radius 2 is 2.11 bits per heavy atom. The molecule has 0 saturated carbocycles. The summed E-state index contributed by atoms with van der Waals surface area (Å²) in [4.78, 5) is 0. The van der Waals surface area contributed by atoms with Gasteiger partial charge in [0.05, 0.1) is 0 Å². The first-order valence-corrected chi connectivity index (χ1v) is 7.24. The van der Waals surface area contributed by atoms with Crippen LogP contribution >= 0.6 is 0 Å². The lowest BCUT2D eigenvalue weighted by atomic mass is 9.90. The summed E-state index contributed by atoms with van der Waals surface area (Å²) in [5, 5.41) is 3.62. The van der Waals surface area contributed by atoms with E-state index in [1.165, 1.54) is 18.4 Å². The predicted octanol–water partition coefficient (Wildman–Crippen LogP) is 3.40. The Morgan fingerprint density at radius 1 is 1.33 bits per heavy atom. The third kappa shape index (κ3) is 2.86. The summed E-state index contributed by atoms with van der Waals surface area (Å²) < 4.78 is 6.13. The van der Waals surface area contributed by atoms with Gasteiger partial charge < -0.3 is 10.1 Å². The molecule has 3 atom stereocenters. The van der Waals surface area contributed by atoms with Gasteiger partial charge in [-0.15, -0.1) is 0 Å². The van der Waals surface area contributed by atoms with Crippen LogP contribution in [0.1, 0.15) is 39.2 Å². The van der Waals surface area contributed by atoms with E-state index in [-0.39, 0.29) is 0 Å². The van der Waals surface area contributed by atoms with Crippen molar-refractivity contribution in [3.05, 3.63) is 29.8 Å². The molecule has 1 heterocycles. The molecular weight excluding hydrogens is 222 g/mol. The van der Waals surface area contributed by atoms with Gasteiger partial charge in [0.25, 0.3) is 0 Å². The summed E-state index contributed by atoms with van der Waals surface area (Å²) >= 11 is 0. The molecule has 2 heteroatoms. The Balaban J connectivity index is 2.05. The number of nitrogens with one attached hydrogen (secondary N) is 1. The van der Waals surface area contributed by atoms with E-state index in [1.54, 1.807) is 0 Å². The van der Waals surface area contributed by atoms with Crippen LogP contribution in [0.15, 0.2) is 24.3 Å². The molecule has 0 fully saturated rings. The first-order chi connectivity index (χ1) is 8.76. The standard InChI is InChI=1S/C16H25NO/c1-4-8-12(3)16(17-5-2)15-11-13-9-6-7-10-14(13)18-15/h6-7,9-10,12,15-17H,4-5,8,11H2,1-3H3. The van der Waals surface area contributed by atoms with Gasteiger partial charge in [-0.25, -0.2) is 0 Å². The normalized spacial score (nSPS) is 21.2. The molecule has 0 spiro atoms. The molecule has 1 aliphatic rings. The quantitative estimate of drug-likeness (QED) is 0.832. The van der Waals surface area contributed by atoms with Crippen LogP contribution in [0.4, 0.5) is 0 Å². The second kappa shape index (κ2) is 6.24. The fourth-order valence-corrected chi connectivity index (χ4v) is 2.98. The Labute approximate surface area is 111 Å². The molecule has 1 aromatic carbocycles. The number of benzene rings is 1. The number of rotatable bonds is 6. The van der Waals surface area contributed by atoms with Crippen molar-refractivity contribution in [3.63, 3.8) is 0 Å². The Bertz CT molecular complexity index is 352. The number of para-hydroxylation sites is 1. The summed E-state index contributed by atoms with van der Waals surface area (Å²) in [7, 11) is 0. The smallest absolute Gasteiger partial charge is 0.123 e. The van der Waals surface area contributed by atoms with Gasteiger partial charge in [-0.1, -0.05) is 45.4 Å². The van der Waals surface area contributed by atoms with Gasteiger partial charge >= 0.3 is 0 Å². The summed E-state index contributed by atoms with van der Waals surface area (Å²) in [6, 6.07) is 8.88. The van der Waals surface area contributed by atoms with Crippen LogP contribution < -0.4 is 10.1 Å². The number of ether oxygens (including phenoxy) is 1. The van der Waals surface area contributed by atoms with Gasteiger partial charge in [-0.2, -0.15) is 0 Å². The third-order valence-corrected chi connectivity index (χ3v) is 3.87. The van der Waals surface area contributed by atoms with Crippen molar-refractivity contribution in [1.29, 1.82) is 0 Å². The first kappa shape index (κ1) is 13.4. The highest BCUT2D eigenvalue weighted by Crippen LogP contribution is 2.31. The largest absolute Gasteiger partial charge is 0.488 e. The topological polar surface area (TPSA) is 21.3 Å². The SMILES string of the molecule is CCCC(C)C(NCC)C1Cc2ccccc2O1. The zero-order chi connectivity index (χ0) is 13.0. The minimum Gasteiger partial charge on any atom is -0.488 e. The van der Waals surface area contributed by atoms with Crippen LogP contribution in [0.5, 0.6) is 5.75 Å². The average Bonchev–Trinajstić information content (AvgIpc) is 2.79. The lowest BCUT2D eigenvalue weighted by molar-refractivity contribution is 0.142. The molecule has 3 unspecified atom stereocenters. The third-order valence-electron chi connectivity index (χ3n) is 3.87. The number of fused-ring (bicyclic) bond motifs is 1. The van der Waals surface area contributed by atoms with Crippen LogP contribution in [-0.4, -0.2) is 18.7 Å². The van der Waals surface area contributed by atoms with E-state index >= 15 is 0 Å². The van der Waals surface area contributed by atoms with Gasteiger partial charge in [0.15, 0.2) is 0 Å². The van der Waals surface area contributed by atoms with E-state index in [1.807, 2.05) is 0 Å². The first-order valence-electron chi connectivity index (χ1n) is 7.24. The fourth-order valence-electron chi connectivity index (χ4n) is 2.98. The molecule has 18 heavy (non-hydrogen) atoms. The lowest BCUT2D eigenvalue weighted by Crippen LogP contribution is -2.46. The minimum atomic E-state index is 0.295. The van der Waals surface area contributed by atoms with Crippen LogP contribution in [0, 0.1) is 5.92 Å². The molecule has 1 aliphatic heterocycles. The second-order valence-corrected chi connectivity index (χ2v) is 5.32. The molecule has 0 saturated heterocycles. The van der Waals surface area contributed by atoms with E-state index in [0.717, 1.165) is 18.7 Å². The average molecular weight is 247 g/mol. The van der Waals surface area contributed by atoms with Gasteiger partial charge in [-0.05, 0) is 30.5 Å². The van der Waals surface area contributed by atoms with E-state index < -0.39 is 0 Å². The maximum atomic E-state index is 6.13. The molecule has 0 aliphatic carbocycles. The van der Waals surface area contributed by atoms with Crippen LogP contribution in [0.3, 0.4) is 0 Å². The molecule has 2 nitrogen and oxygen atoms in total. The van der Waals surface area contributed by atoms with E-state index in [9.17, 15) is 0 Å². The van der Waals surface area contributed by atoms with Crippen molar-refractivity contribution in [2.24, 2.45) is 5.92 Å². The predicted molar refractivity (Wildman–Crippen MR) is 76.1 cm³/mol. The Morgan fingerprint density at radius 3 is 2.78 bits per heavy atom. The van der Waals surface area contributed by atoms with Crippen molar-refractivity contribution in [2.45, 2.75) is 52.2 Å². The summed E-state index contributed by atoms with van der Waals surface area (Å²) in [6.45, 7) is 7.77. The highest BCUT2D eigenvalue weighted by Gasteiger charge is 2.32. The van der Waals surface area contributed by atoms with Gasteiger partial charge in [0.1, 0.15) is 11.9 Å². The zero-order valence-corrected chi connectivity index (χ0v) is 11.8. The van der Waals surface area contributed by atoms with Gasteiger partial charge in [0.2, 0.25) is 0 Å². The molecule has 1 aromatic rings. The number of hydrogen-bond acceptors (Lipinski definition) is 2. The maximum Gasteiger partial charge on any atom is 0.123 e. The number of likely N-dealkylation sites (N-methyl/N-ethyl adjacent to an activating group) is 1. The zero-order valence-electron chi connectivity index (χ0n) is 11.8. The Kier molecular flexibility index (Phi) is 4.65. The van der Waals surface area contributed by atoms with E-state index in [2.05, 4.69) is 50.4 Å². The molecular formula is C16H25NO. The van der Waals surface area contributed by atoms with E-state index in [4.69, 9.17) is 4.74 Å². The van der Waals surface area contributed by atoms with Crippen molar-refractivity contribution >= 4 is 0 Å². The molecule has 2 rings (SSSR count). The lowest BCUT2D eigenvalue weighted by Gasteiger charge is -2.29. The molecule has 0 aromatic heterocycles. The van der Waals surface area contributed by atoms with Gasteiger partial charge in [-0.3, -0.25) is 0 Å². The van der Waals surface area contributed by atoms with Crippen molar-refractivity contribution in [2.75, 3.05) is 6.54 Å². The monoisotopic (exact) mass is 247 g/mol. The van der Waals surface area contributed by atoms with Crippen LogP contribution in [-0.2, 0) is 6.42 Å². The van der Waals surface area contributed by atoms with Crippen molar-refractivity contribution in [1.82, 2.24) is 5.32 Å². The van der Waals surface area contributed by atoms with Crippen molar-refractivity contribution < 1.29 is 4.74 Å².